The van der Waals surface area contributed by atoms with E-state index in [9.17, 15) is 0 Å². The first-order chi connectivity index (χ1) is 71.0. The molecule has 10 heteroatoms. The largest absolute Gasteiger partial charge is 0.377 e. The van der Waals surface area contributed by atoms with Crippen molar-refractivity contribution < 1.29 is 18.9 Å². The van der Waals surface area contributed by atoms with Crippen LogP contribution in [0.15, 0.2) is 207 Å². The van der Waals surface area contributed by atoms with Crippen LogP contribution in [0.5, 0.6) is 0 Å². The molecule has 16 heterocycles. The van der Waals surface area contributed by atoms with Crippen LogP contribution >= 0.6 is 0 Å². The van der Waals surface area contributed by atoms with Crippen molar-refractivity contribution in [3.8, 4) is 0 Å². The number of aromatic nitrogens is 6. The number of unbranched alkanes of at least 4 members (excludes halogenated alkanes) is 24. The summed E-state index contributed by atoms with van der Waals surface area (Å²) in [6, 6.07) is 121. The first kappa shape index (κ1) is 108. The second-order valence-electron chi connectivity index (χ2n) is 38.2. The van der Waals surface area contributed by atoms with Crippen molar-refractivity contribution in [2.24, 2.45) is 0 Å². The molecule has 0 aliphatic heterocycles. The van der Waals surface area contributed by atoms with Crippen LogP contribution in [0.1, 0.15) is 305 Å². The normalized spacial score (nSPS) is 10.8. The number of hydrogen-bond donors (Lipinski definition) is 0. The maximum Gasteiger partial charge on any atom is 0.0894 e. The number of benzene rings is 6. The molecule has 0 aliphatic carbocycles. The molecular weight excluding hydrogens is 1760 g/mol. The predicted molar refractivity (Wildman–Crippen MR) is 601 cm³/mol. The Bertz CT molecular complexity index is 6070. The van der Waals surface area contributed by atoms with E-state index >= 15 is 0 Å². The summed E-state index contributed by atoms with van der Waals surface area (Å²) in [5, 5.41) is 14.3. The van der Waals surface area contributed by atoms with Gasteiger partial charge in [0.25, 0.3) is 0 Å². The molecule has 0 radical (unpaired) electrons. The summed E-state index contributed by atoms with van der Waals surface area (Å²) >= 11 is 0. The number of hydrogen-bond acceptors (Lipinski definition) is 10. The van der Waals surface area contributed by atoms with Gasteiger partial charge in [0.2, 0.25) is 0 Å². The van der Waals surface area contributed by atoms with E-state index in [0.717, 1.165) is 307 Å². The van der Waals surface area contributed by atoms with E-state index in [2.05, 4.69) is 250 Å². The Labute approximate surface area is 861 Å². The van der Waals surface area contributed by atoms with Crippen LogP contribution in [0.3, 0.4) is 0 Å². The Morgan fingerprint density at radius 3 is 0.569 bits per heavy atom. The first-order valence-corrected chi connectivity index (χ1v) is 54.1. The van der Waals surface area contributed by atoms with Gasteiger partial charge >= 0.3 is 0 Å². The van der Waals surface area contributed by atoms with Crippen molar-refractivity contribution in [2.75, 3.05) is 26.4 Å². The minimum absolute atomic E-state index is 0.464. The van der Waals surface area contributed by atoms with E-state index in [-0.39, 0.29) is 0 Å². The highest BCUT2D eigenvalue weighted by molar-refractivity contribution is 5.85. The average molecular weight is 1900 g/mol. The van der Waals surface area contributed by atoms with Gasteiger partial charge in [-0.2, -0.15) is 0 Å². The van der Waals surface area contributed by atoms with E-state index in [1.807, 2.05) is 110 Å². The molecule has 0 aliphatic rings. The van der Waals surface area contributed by atoms with Gasteiger partial charge < -0.3 is 18.9 Å². The molecule has 0 amide bonds. The Morgan fingerprint density at radius 1 is 0.181 bits per heavy atom. The van der Waals surface area contributed by atoms with Crippen LogP contribution in [0, 0.1) is 97.1 Å². The lowest BCUT2D eigenvalue weighted by atomic mass is 9.96. The summed E-state index contributed by atoms with van der Waals surface area (Å²) < 4.78 is 25.5. The number of rotatable bonds is 48. The zero-order valence-electron chi connectivity index (χ0n) is 87.1. The fourth-order valence-corrected chi connectivity index (χ4v) is 17.7. The predicted octanol–water partition coefficient (Wildman–Crippen LogP) is 35.1. The highest BCUT2D eigenvalue weighted by Gasteiger charge is 2.11. The van der Waals surface area contributed by atoms with Crippen LogP contribution in [-0.4, -0.2) is 56.3 Å². The first-order valence-electron chi connectivity index (χ1n) is 54.1. The SMILES string of the molecule is CCCCCCOCc1cc2c#cc3ccc(nc3)c3cccc(n3)c3ccc(c#cc4cc(COCCCCCC)cc(c#cc5cc(CCCCCC)c(c#cc6cc(COCCCCCC)cc(c#cc7ccc(nc7)c7cccc(n7)c7ccc(c#cc8cc(COCCCCCC)cc(c#cc9cc(CCCCCC)c(c#cc(c1)c2)cc9CCCCCC)c8)cn7)c6)cc5CCCCCC)c4)cn3. The van der Waals surface area contributed by atoms with Crippen molar-refractivity contribution >= 4 is 130 Å². The average Bonchev–Trinajstić information content (AvgIpc) is 0.824. The molecular formula is C134H146N6O4. The summed E-state index contributed by atoms with van der Waals surface area (Å²) in [4.78, 5) is 30.0. The van der Waals surface area contributed by atoms with Gasteiger partial charge in [-0.05, 0) is 291 Å². The highest BCUT2D eigenvalue weighted by atomic mass is 16.5. The Kier molecular flexibility index (Phi) is 46.1. The number of aryl methyl sites for hydroxylation is 4. The molecule has 24 bridgehead atoms. The van der Waals surface area contributed by atoms with E-state index < -0.39 is 0 Å². The zero-order valence-corrected chi connectivity index (χ0v) is 87.1. The Balaban J connectivity index is 0.959. The second-order valence-corrected chi connectivity index (χ2v) is 38.2. The summed E-state index contributed by atoms with van der Waals surface area (Å²) in [5.41, 5.74) is 14.8. The van der Waals surface area contributed by atoms with Gasteiger partial charge in [-0.1, -0.05) is 319 Å². The third-order valence-electron chi connectivity index (χ3n) is 25.8. The van der Waals surface area contributed by atoms with E-state index in [1.165, 1.54) is 99.3 Å². The highest BCUT2D eigenvalue weighted by Crippen LogP contribution is 2.28. The van der Waals surface area contributed by atoms with Gasteiger partial charge in [0.15, 0.2) is 0 Å². The van der Waals surface area contributed by atoms with Crippen LogP contribution < -0.4 is 0 Å². The van der Waals surface area contributed by atoms with E-state index in [0.29, 0.717) is 52.9 Å². The van der Waals surface area contributed by atoms with Gasteiger partial charge in [-0.3, -0.25) is 19.9 Å². The quantitative estimate of drug-likeness (QED) is 0.0342. The summed E-state index contributed by atoms with van der Waals surface area (Å²) in [6.07, 6.45) is 47.2. The standard InChI is InChI=1S/C134H146N6O4/c1-9-17-25-33-43-119-91-124-68-60-112-80-108(84-116(88-112)100-142-76-38-30-22-14-6)56-52-104-64-72-128(136-96-104)132-48-42-50-134(140-132)130-74-66-106(98-138-130)54-58-110-82-114(90-118(86-110)102-144-78-40-32-24-16-8)62-70-126-94-121(45-35-27-19-11-3)125(93-122(126)46-36-28-20-12-4)69-61-113-81-109(85-117(89-113)101-143-77-39-31-23-15-7)57-53-105-65-73-129(137-97-105)133-49-41-47-131(139-133)127-71-63-103(95-135-127)51-55-107-79-111(87-115(83-107)99-141-75-37-29-21-13-5)59-67-123(119)92-120(124)44-34-26-18-10-2/h41-42,47-50,63-66,71-74,79-98H,9-40,43-46,75-78,99-102H2,1-8H3. The Morgan fingerprint density at radius 2 is 0.375 bits per heavy atom. The van der Waals surface area contributed by atoms with Crippen molar-refractivity contribution in [3.63, 3.8) is 0 Å². The minimum Gasteiger partial charge on any atom is -0.377 e. The molecule has 0 fully saturated rings. The third-order valence-corrected chi connectivity index (χ3v) is 25.8. The Hall–Kier alpha value is -13.5. The molecule has 0 saturated heterocycles. The summed E-state index contributed by atoms with van der Waals surface area (Å²) in [5.74, 6) is 0. The molecule has 6 aromatic carbocycles. The molecule has 16 aromatic heterocycles. The van der Waals surface area contributed by atoms with Crippen LogP contribution in [0.4, 0.5) is 0 Å². The smallest absolute Gasteiger partial charge is 0.0894 e. The summed E-state index contributed by atoms with van der Waals surface area (Å²) in [7, 11) is 0. The molecule has 0 N–H and O–H groups in total. The van der Waals surface area contributed by atoms with Crippen LogP contribution in [0.2, 0.25) is 0 Å². The zero-order chi connectivity index (χ0) is 100. The number of pyridine rings is 6. The molecule has 736 valence electrons. The van der Waals surface area contributed by atoms with E-state index in [1.54, 1.807) is 0 Å². The number of nitrogens with zero attached hydrogens (tertiary/aromatic N) is 6. The lowest BCUT2D eigenvalue weighted by Gasteiger charge is -2.08. The van der Waals surface area contributed by atoms with Crippen molar-refractivity contribution in [2.45, 2.75) is 313 Å². The fraction of sp³-hybridized carbons (Fsp3) is 0.388. The van der Waals surface area contributed by atoms with Gasteiger partial charge in [0.05, 0.1) is 70.6 Å². The molecule has 0 atom stereocenters. The van der Waals surface area contributed by atoms with Gasteiger partial charge in [-0.15, -0.1) is 0 Å². The van der Waals surface area contributed by atoms with E-state index in [4.69, 9.17) is 48.9 Å². The molecule has 10 nitrogen and oxygen atoms in total. The minimum atomic E-state index is 0.464. The third kappa shape index (κ3) is 36.7. The molecule has 144 heavy (non-hydrogen) atoms. The molecule has 0 saturated carbocycles. The van der Waals surface area contributed by atoms with Crippen molar-refractivity contribution in [3.05, 3.63) is 348 Å². The number of ether oxygens (including phenoxy) is 4. The molecule has 22 rings (SSSR count). The van der Waals surface area contributed by atoms with Gasteiger partial charge in [0.1, 0.15) is 0 Å². The van der Waals surface area contributed by atoms with Crippen LogP contribution in [0.25, 0.3) is 130 Å². The molecule has 0 spiro atoms. The lowest BCUT2D eigenvalue weighted by Crippen LogP contribution is -1.95. The van der Waals surface area contributed by atoms with Crippen molar-refractivity contribution in [1.29, 1.82) is 0 Å². The molecule has 0 unspecified atom stereocenters. The topological polar surface area (TPSA) is 114 Å². The monoisotopic (exact) mass is 1900 g/mol. The van der Waals surface area contributed by atoms with Gasteiger partial charge in [0, 0.05) is 137 Å². The fourth-order valence-electron chi connectivity index (χ4n) is 17.7. The lowest BCUT2D eigenvalue weighted by molar-refractivity contribution is 0.117. The van der Waals surface area contributed by atoms with Gasteiger partial charge in [-0.25, -0.2) is 9.97 Å². The second kappa shape index (κ2) is 61.5. The van der Waals surface area contributed by atoms with Crippen LogP contribution in [-0.2, 0) is 71.1 Å². The molecule has 22 aromatic rings. The van der Waals surface area contributed by atoms with Crippen molar-refractivity contribution in [1.82, 2.24) is 29.9 Å². The maximum atomic E-state index is 6.38. The summed E-state index contributed by atoms with van der Waals surface area (Å²) in [6.45, 7) is 22.7. The maximum absolute atomic E-state index is 6.38.